The number of benzene rings is 2. The van der Waals surface area contributed by atoms with Crippen LogP contribution in [0.4, 0.5) is 5.69 Å². The van der Waals surface area contributed by atoms with Crippen molar-refractivity contribution < 1.29 is 14.2 Å². The fourth-order valence-corrected chi connectivity index (χ4v) is 4.31. The molecule has 6 heteroatoms. The molecule has 3 aromatic rings. The minimum absolute atomic E-state index is 0.232. The molecule has 0 saturated carbocycles. The zero-order valence-corrected chi connectivity index (χ0v) is 16.9. The average molecular weight is 397 g/mol. The fraction of sp³-hybridized carbons (Fsp3) is 0.318. The largest absolute Gasteiger partial charge is 0.497 e. The van der Waals surface area contributed by atoms with Crippen LogP contribution in [0.15, 0.2) is 58.9 Å². The highest BCUT2D eigenvalue weighted by molar-refractivity contribution is 7.07. The van der Waals surface area contributed by atoms with Gasteiger partial charge in [0.15, 0.2) is 4.80 Å². The van der Waals surface area contributed by atoms with Crippen LogP contribution in [0.3, 0.4) is 0 Å². The summed E-state index contributed by atoms with van der Waals surface area (Å²) in [5.41, 5.74) is 3.16. The van der Waals surface area contributed by atoms with Gasteiger partial charge in [0.05, 0.1) is 38.2 Å². The molecule has 4 rings (SSSR count). The van der Waals surface area contributed by atoms with Crippen LogP contribution in [0.2, 0.25) is 0 Å². The lowest BCUT2D eigenvalue weighted by atomic mass is 10.1. The van der Waals surface area contributed by atoms with E-state index in [2.05, 4.69) is 22.1 Å². The van der Waals surface area contributed by atoms with Gasteiger partial charge in [-0.05, 0) is 54.8 Å². The molecular formula is C22H24N2O3S. The van der Waals surface area contributed by atoms with Gasteiger partial charge in [-0.25, -0.2) is 4.99 Å². The van der Waals surface area contributed by atoms with E-state index in [4.69, 9.17) is 19.2 Å². The van der Waals surface area contributed by atoms with Crippen molar-refractivity contribution in [2.24, 2.45) is 4.99 Å². The minimum atomic E-state index is 0.232. The fourth-order valence-electron chi connectivity index (χ4n) is 3.37. The summed E-state index contributed by atoms with van der Waals surface area (Å²) in [6.45, 7) is 1.64. The van der Waals surface area contributed by atoms with E-state index in [0.717, 1.165) is 59.2 Å². The summed E-state index contributed by atoms with van der Waals surface area (Å²) < 4.78 is 18.8. The predicted octanol–water partition coefficient (Wildman–Crippen LogP) is 4.65. The predicted molar refractivity (Wildman–Crippen MR) is 111 cm³/mol. The smallest absolute Gasteiger partial charge is 0.190 e. The van der Waals surface area contributed by atoms with Gasteiger partial charge in [-0.2, -0.15) is 0 Å². The molecule has 1 saturated heterocycles. The molecule has 2 heterocycles. The maximum Gasteiger partial charge on any atom is 0.190 e. The second-order valence-corrected chi connectivity index (χ2v) is 7.53. The van der Waals surface area contributed by atoms with Crippen molar-refractivity contribution in [2.45, 2.75) is 25.5 Å². The summed E-state index contributed by atoms with van der Waals surface area (Å²) in [5.74, 6) is 1.66. The van der Waals surface area contributed by atoms with Crippen molar-refractivity contribution in [2.75, 3.05) is 20.8 Å². The summed E-state index contributed by atoms with van der Waals surface area (Å²) in [4.78, 5) is 5.85. The monoisotopic (exact) mass is 396 g/mol. The zero-order chi connectivity index (χ0) is 19.3. The Morgan fingerprint density at radius 3 is 2.64 bits per heavy atom. The number of methoxy groups -OCH3 is 2. The first-order valence-corrected chi connectivity index (χ1v) is 10.3. The first kappa shape index (κ1) is 18.8. The van der Waals surface area contributed by atoms with E-state index in [1.54, 1.807) is 25.6 Å². The van der Waals surface area contributed by atoms with E-state index in [9.17, 15) is 0 Å². The highest BCUT2D eigenvalue weighted by Gasteiger charge is 2.19. The summed E-state index contributed by atoms with van der Waals surface area (Å²) in [6.07, 6.45) is 2.44. The number of hydrogen-bond acceptors (Lipinski definition) is 5. The van der Waals surface area contributed by atoms with Crippen LogP contribution in [0.25, 0.3) is 11.3 Å². The van der Waals surface area contributed by atoms with E-state index >= 15 is 0 Å². The van der Waals surface area contributed by atoms with Crippen molar-refractivity contribution in [3.05, 3.63) is 58.7 Å². The summed E-state index contributed by atoms with van der Waals surface area (Å²) >= 11 is 1.64. The lowest BCUT2D eigenvalue weighted by molar-refractivity contribution is 0.0968. The Morgan fingerprint density at radius 1 is 1.11 bits per heavy atom. The SMILES string of the molecule is COc1ccc(-c2csc(=Nc3cccc(OC)c3)n2CC2CCCO2)cc1. The van der Waals surface area contributed by atoms with E-state index in [0.29, 0.717) is 0 Å². The topological polar surface area (TPSA) is 45.0 Å². The molecule has 1 aliphatic rings. The molecule has 1 fully saturated rings. The van der Waals surface area contributed by atoms with Crippen LogP contribution in [0.1, 0.15) is 12.8 Å². The van der Waals surface area contributed by atoms with Crippen molar-refractivity contribution in [1.82, 2.24) is 4.57 Å². The van der Waals surface area contributed by atoms with Gasteiger partial charge >= 0.3 is 0 Å². The van der Waals surface area contributed by atoms with Gasteiger partial charge in [-0.3, -0.25) is 0 Å². The molecule has 146 valence electrons. The normalized spacial score (nSPS) is 17.1. The van der Waals surface area contributed by atoms with Crippen molar-refractivity contribution >= 4 is 17.0 Å². The Hall–Kier alpha value is -2.57. The Bertz CT molecular complexity index is 986. The van der Waals surface area contributed by atoms with Gasteiger partial charge in [0.2, 0.25) is 0 Å². The van der Waals surface area contributed by atoms with Crippen molar-refractivity contribution in [1.29, 1.82) is 0 Å². The Morgan fingerprint density at radius 2 is 1.93 bits per heavy atom. The molecule has 0 radical (unpaired) electrons. The maximum atomic E-state index is 5.90. The van der Waals surface area contributed by atoms with Gasteiger partial charge < -0.3 is 18.8 Å². The van der Waals surface area contributed by atoms with E-state index in [1.807, 2.05) is 36.4 Å². The molecule has 0 spiro atoms. The zero-order valence-electron chi connectivity index (χ0n) is 16.1. The lowest BCUT2D eigenvalue weighted by Crippen LogP contribution is -2.24. The Labute approximate surface area is 168 Å². The lowest BCUT2D eigenvalue weighted by Gasteiger charge is -2.14. The molecule has 28 heavy (non-hydrogen) atoms. The number of hydrogen-bond donors (Lipinski definition) is 0. The first-order chi connectivity index (χ1) is 13.8. The molecule has 0 bridgehead atoms. The Kier molecular flexibility index (Phi) is 5.78. The third kappa shape index (κ3) is 4.13. The molecule has 0 amide bonds. The van der Waals surface area contributed by atoms with Crippen LogP contribution < -0.4 is 14.3 Å². The molecule has 2 aromatic carbocycles. The van der Waals surface area contributed by atoms with E-state index < -0.39 is 0 Å². The highest BCUT2D eigenvalue weighted by atomic mass is 32.1. The van der Waals surface area contributed by atoms with Gasteiger partial charge in [-0.15, -0.1) is 11.3 Å². The molecule has 1 unspecified atom stereocenters. The van der Waals surface area contributed by atoms with E-state index in [1.165, 1.54) is 0 Å². The van der Waals surface area contributed by atoms with Crippen LogP contribution in [0, 0.1) is 0 Å². The van der Waals surface area contributed by atoms with Crippen molar-refractivity contribution in [3.63, 3.8) is 0 Å². The quantitative estimate of drug-likeness (QED) is 0.609. The highest BCUT2D eigenvalue weighted by Crippen LogP contribution is 2.26. The molecule has 1 aromatic heterocycles. The molecule has 1 aliphatic heterocycles. The molecule has 1 atom stereocenters. The van der Waals surface area contributed by atoms with Crippen LogP contribution in [0.5, 0.6) is 11.5 Å². The number of aromatic nitrogens is 1. The summed E-state index contributed by atoms with van der Waals surface area (Å²) in [6, 6.07) is 16.0. The van der Waals surface area contributed by atoms with Crippen molar-refractivity contribution in [3.8, 4) is 22.8 Å². The molecule has 0 aliphatic carbocycles. The maximum absolute atomic E-state index is 5.90. The first-order valence-electron chi connectivity index (χ1n) is 9.40. The van der Waals surface area contributed by atoms with Gasteiger partial charge in [-0.1, -0.05) is 6.07 Å². The van der Waals surface area contributed by atoms with Crippen LogP contribution in [-0.4, -0.2) is 31.5 Å². The van der Waals surface area contributed by atoms with Crippen LogP contribution >= 0.6 is 11.3 Å². The number of rotatable bonds is 6. The molecule has 0 N–H and O–H groups in total. The van der Waals surface area contributed by atoms with E-state index in [-0.39, 0.29) is 6.10 Å². The molecular weight excluding hydrogens is 372 g/mol. The number of thiazole rings is 1. The second-order valence-electron chi connectivity index (χ2n) is 6.69. The summed E-state index contributed by atoms with van der Waals surface area (Å²) in [5, 5.41) is 2.16. The second kappa shape index (κ2) is 8.63. The Balaban J connectivity index is 1.76. The van der Waals surface area contributed by atoms with Gasteiger partial charge in [0, 0.05) is 18.1 Å². The third-order valence-electron chi connectivity index (χ3n) is 4.87. The third-order valence-corrected chi connectivity index (χ3v) is 5.74. The number of ether oxygens (including phenoxy) is 3. The average Bonchev–Trinajstić information content (AvgIpc) is 3.39. The van der Waals surface area contributed by atoms with Crippen LogP contribution in [-0.2, 0) is 11.3 Å². The summed E-state index contributed by atoms with van der Waals surface area (Å²) in [7, 11) is 3.35. The standard InChI is InChI=1S/C22H24N2O3S/c1-25-18-10-8-16(9-11-18)21-15-28-22(24(21)14-20-7-4-12-27-20)23-17-5-3-6-19(13-17)26-2/h3,5-6,8-11,13,15,20H,4,7,12,14H2,1-2H3. The van der Waals surface area contributed by atoms with Gasteiger partial charge in [0.25, 0.3) is 0 Å². The molecule has 5 nitrogen and oxygen atoms in total. The minimum Gasteiger partial charge on any atom is -0.497 e. The number of nitrogens with zero attached hydrogens (tertiary/aromatic N) is 2. The van der Waals surface area contributed by atoms with Gasteiger partial charge in [0.1, 0.15) is 11.5 Å².